The van der Waals surface area contributed by atoms with Gasteiger partial charge in [-0.05, 0) is 61.4 Å². The molecule has 0 atom stereocenters. The van der Waals surface area contributed by atoms with Crippen LogP contribution in [0.2, 0.25) is 0 Å². The van der Waals surface area contributed by atoms with Crippen molar-refractivity contribution in [3.8, 4) is 0 Å². The van der Waals surface area contributed by atoms with Crippen LogP contribution in [0.3, 0.4) is 0 Å². The third kappa shape index (κ3) is 4.48. The summed E-state index contributed by atoms with van der Waals surface area (Å²) in [6.45, 7) is 3.28. The second-order valence-electron chi connectivity index (χ2n) is 6.68. The van der Waals surface area contributed by atoms with Crippen molar-refractivity contribution in [1.82, 2.24) is 4.98 Å². The molecular weight excluding hydrogens is 418 g/mol. The van der Waals surface area contributed by atoms with E-state index in [-0.39, 0.29) is 11.4 Å². The molecule has 0 unspecified atom stereocenters. The number of hydrogen-bond acceptors (Lipinski definition) is 5. The zero-order valence-electron chi connectivity index (χ0n) is 16.0. The number of ether oxygens (including phenoxy) is 1. The first-order chi connectivity index (χ1) is 14.1. The first-order valence-corrected chi connectivity index (χ1v) is 10.3. The molecule has 7 nitrogen and oxygen atoms in total. The predicted octanol–water partition coefficient (Wildman–Crippen LogP) is 3.58. The van der Waals surface area contributed by atoms with Crippen molar-refractivity contribution in [2.45, 2.75) is 24.5 Å². The molecule has 3 aromatic rings. The molecule has 0 radical (unpaired) electrons. The highest BCUT2D eigenvalue weighted by Gasteiger charge is 2.26. The maximum absolute atomic E-state index is 12.5. The number of rotatable bonds is 6. The van der Waals surface area contributed by atoms with Gasteiger partial charge >= 0.3 is 11.7 Å². The van der Waals surface area contributed by atoms with E-state index < -0.39 is 39.0 Å². The zero-order chi connectivity index (χ0) is 22.1. The van der Waals surface area contributed by atoms with E-state index in [4.69, 9.17) is 4.74 Å². The number of fused-ring (bicyclic) bond motifs is 1. The van der Waals surface area contributed by atoms with E-state index in [1.807, 2.05) is 26.0 Å². The predicted molar refractivity (Wildman–Crippen MR) is 106 cm³/mol. The number of carbonyl (C=O) groups excluding carboxylic acids is 2. The lowest BCUT2D eigenvalue weighted by molar-refractivity contribution is -0.119. The minimum atomic E-state index is -4.71. The van der Waals surface area contributed by atoms with Gasteiger partial charge in [0, 0.05) is 16.6 Å². The van der Waals surface area contributed by atoms with Gasteiger partial charge in [0.1, 0.15) is 5.69 Å². The van der Waals surface area contributed by atoms with Crippen LogP contribution in [-0.4, -0.2) is 37.6 Å². The number of nitrogens with one attached hydrogen (secondary N) is 2. The summed E-state index contributed by atoms with van der Waals surface area (Å²) in [5.41, 5.74) is 3.18. The average molecular weight is 436 g/mol. The highest BCUT2D eigenvalue weighted by Crippen LogP contribution is 2.22. The molecule has 1 heterocycles. The Morgan fingerprint density at radius 3 is 2.40 bits per heavy atom. The highest BCUT2D eigenvalue weighted by atomic mass is 32.2. The van der Waals surface area contributed by atoms with E-state index in [1.54, 1.807) is 6.07 Å². The molecule has 0 saturated carbocycles. The number of benzene rings is 2. The van der Waals surface area contributed by atoms with E-state index in [1.165, 1.54) is 0 Å². The van der Waals surface area contributed by atoms with Crippen molar-refractivity contribution >= 4 is 38.3 Å². The molecule has 0 fully saturated rings. The standard InChI is InChI=1S/C20H18F2N2O5S/c1-11-7-12(2)15-9-17(24-16(15)8-11)19(26)29-10-18(25)23-13-3-5-14(6-4-13)30(27,28)20(21)22/h3-9,20,24H,10H2,1-2H3,(H,23,25). The fourth-order valence-electron chi connectivity index (χ4n) is 2.95. The largest absolute Gasteiger partial charge is 0.451 e. The lowest BCUT2D eigenvalue weighted by Crippen LogP contribution is -2.21. The van der Waals surface area contributed by atoms with E-state index in [2.05, 4.69) is 10.3 Å². The molecule has 1 aromatic heterocycles. The number of sulfone groups is 1. The molecule has 30 heavy (non-hydrogen) atoms. The molecule has 2 N–H and O–H groups in total. The van der Waals surface area contributed by atoms with Gasteiger partial charge in [0.25, 0.3) is 5.91 Å². The molecule has 1 amide bonds. The number of hydrogen-bond donors (Lipinski definition) is 2. The molecule has 0 bridgehead atoms. The van der Waals surface area contributed by atoms with Gasteiger partial charge in [-0.15, -0.1) is 0 Å². The Hall–Kier alpha value is -3.27. The number of amides is 1. The van der Waals surface area contributed by atoms with Crippen molar-refractivity contribution in [3.63, 3.8) is 0 Å². The number of alkyl halides is 2. The Bertz CT molecular complexity index is 1220. The normalized spacial score (nSPS) is 11.6. The van der Waals surface area contributed by atoms with E-state index in [0.29, 0.717) is 0 Å². The molecule has 0 aliphatic carbocycles. The summed E-state index contributed by atoms with van der Waals surface area (Å²) in [6, 6.07) is 9.76. The minimum Gasteiger partial charge on any atom is -0.451 e. The average Bonchev–Trinajstić information content (AvgIpc) is 3.11. The molecule has 3 rings (SSSR count). The van der Waals surface area contributed by atoms with Crippen LogP contribution in [-0.2, 0) is 19.4 Å². The maximum Gasteiger partial charge on any atom is 0.355 e. The monoisotopic (exact) mass is 436 g/mol. The number of H-pyrrole nitrogens is 1. The molecule has 0 saturated heterocycles. The fourth-order valence-corrected chi connectivity index (χ4v) is 3.67. The van der Waals surface area contributed by atoms with Gasteiger partial charge in [0.05, 0.1) is 4.90 Å². The first kappa shape index (κ1) is 21.4. The SMILES string of the molecule is Cc1cc(C)c2cc(C(=O)OCC(=O)Nc3ccc(S(=O)(=O)C(F)F)cc3)[nH]c2c1. The fraction of sp³-hybridized carbons (Fsp3) is 0.200. The lowest BCUT2D eigenvalue weighted by atomic mass is 10.1. The van der Waals surface area contributed by atoms with Crippen LogP contribution in [0.25, 0.3) is 10.9 Å². The summed E-state index contributed by atoms with van der Waals surface area (Å²) in [7, 11) is -4.71. The van der Waals surface area contributed by atoms with Gasteiger partial charge in [-0.25, -0.2) is 13.2 Å². The van der Waals surface area contributed by atoms with Gasteiger partial charge in [-0.2, -0.15) is 8.78 Å². The minimum absolute atomic E-state index is 0.168. The third-order valence-electron chi connectivity index (χ3n) is 4.34. The third-order valence-corrected chi connectivity index (χ3v) is 5.74. The Morgan fingerprint density at radius 1 is 1.10 bits per heavy atom. The Morgan fingerprint density at radius 2 is 1.77 bits per heavy atom. The van der Waals surface area contributed by atoms with Crippen LogP contribution in [0, 0.1) is 13.8 Å². The van der Waals surface area contributed by atoms with Gasteiger partial charge in [-0.3, -0.25) is 4.79 Å². The van der Waals surface area contributed by atoms with Gasteiger partial charge in [-0.1, -0.05) is 6.07 Å². The van der Waals surface area contributed by atoms with Crippen LogP contribution < -0.4 is 5.32 Å². The van der Waals surface area contributed by atoms with Crippen LogP contribution in [0.1, 0.15) is 21.6 Å². The van der Waals surface area contributed by atoms with Crippen molar-refractivity contribution in [2.75, 3.05) is 11.9 Å². The summed E-state index contributed by atoms with van der Waals surface area (Å²) in [6.07, 6.45) is 0. The van der Waals surface area contributed by atoms with Crippen LogP contribution in [0.15, 0.2) is 47.4 Å². The smallest absolute Gasteiger partial charge is 0.355 e. The quantitative estimate of drug-likeness (QED) is 0.575. The van der Waals surface area contributed by atoms with E-state index in [0.717, 1.165) is 46.3 Å². The summed E-state index contributed by atoms with van der Waals surface area (Å²) in [4.78, 5) is 26.6. The van der Waals surface area contributed by atoms with E-state index in [9.17, 15) is 26.8 Å². The number of esters is 1. The van der Waals surface area contributed by atoms with Gasteiger partial charge in [0.2, 0.25) is 9.84 Å². The number of anilines is 1. The number of aryl methyl sites for hydroxylation is 2. The molecule has 158 valence electrons. The van der Waals surface area contributed by atoms with Crippen LogP contribution in [0.4, 0.5) is 14.5 Å². The zero-order valence-corrected chi connectivity index (χ0v) is 16.8. The Kier molecular flexibility index (Phi) is 5.88. The van der Waals surface area contributed by atoms with Crippen molar-refractivity contribution in [1.29, 1.82) is 0 Å². The topological polar surface area (TPSA) is 105 Å². The van der Waals surface area contributed by atoms with Crippen molar-refractivity contribution in [2.24, 2.45) is 0 Å². The van der Waals surface area contributed by atoms with E-state index >= 15 is 0 Å². The molecule has 2 aromatic carbocycles. The maximum atomic E-state index is 12.5. The second kappa shape index (κ2) is 8.23. The number of halogens is 2. The summed E-state index contributed by atoms with van der Waals surface area (Å²) < 4.78 is 52.8. The molecule has 0 aliphatic heterocycles. The molecular formula is C20H18F2N2O5S. The van der Waals surface area contributed by atoms with Crippen molar-refractivity contribution < 1.29 is 31.5 Å². The second-order valence-corrected chi connectivity index (χ2v) is 8.60. The first-order valence-electron chi connectivity index (χ1n) is 8.77. The summed E-state index contributed by atoms with van der Waals surface area (Å²) >= 11 is 0. The van der Waals surface area contributed by atoms with Crippen LogP contribution >= 0.6 is 0 Å². The number of aromatic nitrogens is 1. The highest BCUT2D eigenvalue weighted by molar-refractivity contribution is 7.91. The molecule has 0 spiro atoms. The van der Waals surface area contributed by atoms with Gasteiger partial charge < -0.3 is 15.0 Å². The lowest BCUT2D eigenvalue weighted by Gasteiger charge is -2.07. The number of aromatic amines is 1. The Balaban J connectivity index is 1.61. The van der Waals surface area contributed by atoms with Gasteiger partial charge in [0.15, 0.2) is 6.61 Å². The van der Waals surface area contributed by atoms with Crippen LogP contribution in [0.5, 0.6) is 0 Å². The summed E-state index contributed by atoms with van der Waals surface area (Å²) in [5.74, 6) is -4.91. The van der Waals surface area contributed by atoms with Crippen molar-refractivity contribution in [3.05, 3.63) is 59.3 Å². The molecule has 0 aliphatic rings. The molecule has 10 heteroatoms. The number of carbonyl (C=O) groups is 2. The summed E-state index contributed by atoms with van der Waals surface area (Å²) in [5, 5.41) is 3.26. The Labute approximate surface area is 171 Å².